The second-order valence-electron chi connectivity index (χ2n) is 6.36. The van der Waals surface area contributed by atoms with Crippen LogP contribution in [0.3, 0.4) is 0 Å². The van der Waals surface area contributed by atoms with Crippen molar-refractivity contribution >= 4 is 11.3 Å². The van der Waals surface area contributed by atoms with E-state index >= 15 is 0 Å². The van der Waals surface area contributed by atoms with Crippen LogP contribution in [0.25, 0.3) is 0 Å². The summed E-state index contributed by atoms with van der Waals surface area (Å²) in [5, 5.41) is 3.49. The number of hydrogen-bond acceptors (Lipinski definition) is 3. The summed E-state index contributed by atoms with van der Waals surface area (Å²) in [6.45, 7) is 14.6. The van der Waals surface area contributed by atoms with Gasteiger partial charge in [-0.2, -0.15) is 0 Å². The van der Waals surface area contributed by atoms with Crippen molar-refractivity contribution < 1.29 is 0 Å². The molecule has 3 heteroatoms. The van der Waals surface area contributed by atoms with E-state index in [1.165, 1.54) is 28.2 Å². The Kier molecular flexibility index (Phi) is 7.78. The molecule has 0 aliphatic heterocycles. The number of thiophene rings is 1. The number of nitrogens with one attached hydrogen (secondary N) is 1. The normalized spacial score (nSPS) is 13.4. The summed E-state index contributed by atoms with van der Waals surface area (Å²) in [5.41, 5.74) is 1.50. The highest BCUT2D eigenvalue weighted by Gasteiger charge is 2.14. The molecule has 1 heterocycles. The van der Waals surface area contributed by atoms with Crippen molar-refractivity contribution in [2.24, 2.45) is 5.92 Å². The van der Waals surface area contributed by atoms with E-state index in [9.17, 15) is 0 Å². The largest absolute Gasteiger partial charge is 0.312 e. The molecule has 0 saturated heterocycles. The first-order chi connectivity index (χ1) is 9.43. The molecule has 0 aliphatic carbocycles. The lowest BCUT2D eigenvalue weighted by Gasteiger charge is -2.26. The third-order valence-corrected chi connectivity index (χ3v) is 4.88. The standard InChI is InChI=1S/C17H32N2S/c1-7-8-18-11-17-10-16(15(5)20-17)12-19(6)14(4)9-13(2)3/h10,13-14,18H,7-9,11-12H2,1-6H3. The molecule has 20 heavy (non-hydrogen) atoms. The maximum atomic E-state index is 3.49. The molecular weight excluding hydrogens is 264 g/mol. The van der Waals surface area contributed by atoms with Crippen LogP contribution in [0.2, 0.25) is 0 Å². The average Bonchev–Trinajstić information content (AvgIpc) is 2.69. The summed E-state index contributed by atoms with van der Waals surface area (Å²) >= 11 is 1.94. The zero-order chi connectivity index (χ0) is 15.1. The van der Waals surface area contributed by atoms with Crippen molar-refractivity contribution in [3.63, 3.8) is 0 Å². The fraction of sp³-hybridized carbons (Fsp3) is 0.765. The van der Waals surface area contributed by atoms with E-state index < -0.39 is 0 Å². The molecule has 116 valence electrons. The van der Waals surface area contributed by atoms with E-state index in [1.807, 2.05) is 11.3 Å². The Hall–Kier alpha value is -0.380. The van der Waals surface area contributed by atoms with Crippen molar-refractivity contribution in [1.29, 1.82) is 0 Å². The molecule has 1 N–H and O–H groups in total. The summed E-state index contributed by atoms with van der Waals surface area (Å²) in [6, 6.07) is 3.04. The van der Waals surface area contributed by atoms with Crippen LogP contribution in [0.5, 0.6) is 0 Å². The lowest BCUT2D eigenvalue weighted by atomic mass is 10.0. The van der Waals surface area contributed by atoms with E-state index in [2.05, 4.69) is 57.9 Å². The van der Waals surface area contributed by atoms with Gasteiger partial charge in [0.15, 0.2) is 0 Å². The molecule has 0 aromatic carbocycles. The average molecular weight is 297 g/mol. The van der Waals surface area contributed by atoms with Crippen LogP contribution in [0, 0.1) is 12.8 Å². The maximum absolute atomic E-state index is 3.49. The highest BCUT2D eigenvalue weighted by molar-refractivity contribution is 7.12. The van der Waals surface area contributed by atoms with Gasteiger partial charge in [0.25, 0.3) is 0 Å². The molecule has 0 amide bonds. The fourth-order valence-corrected chi connectivity index (χ4v) is 3.53. The third-order valence-electron chi connectivity index (χ3n) is 3.78. The minimum absolute atomic E-state index is 0.649. The van der Waals surface area contributed by atoms with E-state index in [0.29, 0.717) is 6.04 Å². The molecule has 2 nitrogen and oxygen atoms in total. The Labute approximate surface area is 129 Å². The number of nitrogens with zero attached hydrogens (tertiary/aromatic N) is 1. The van der Waals surface area contributed by atoms with E-state index in [1.54, 1.807) is 0 Å². The lowest BCUT2D eigenvalue weighted by molar-refractivity contribution is 0.220. The predicted octanol–water partition coefficient (Wildman–Crippen LogP) is 4.42. The number of rotatable bonds is 9. The van der Waals surface area contributed by atoms with Gasteiger partial charge in [-0.15, -0.1) is 11.3 Å². The second kappa shape index (κ2) is 8.81. The monoisotopic (exact) mass is 296 g/mol. The van der Waals surface area contributed by atoms with E-state index in [4.69, 9.17) is 0 Å². The summed E-state index contributed by atoms with van der Waals surface area (Å²) < 4.78 is 0. The molecule has 0 radical (unpaired) electrons. The summed E-state index contributed by atoms with van der Waals surface area (Å²) in [7, 11) is 2.25. The Morgan fingerprint density at radius 2 is 2.00 bits per heavy atom. The number of hydrogen-bond donors (Lipinski definition) is 1. The van der Waals surface area contributed by atoms with Gasteiger partial charge in [0.05, 0.1) is 0 Å². The van der Waals surface area contributed by atoms with Crippen molar-refractivity contribution in [2.75, 3.05) is 13.6 Å². The SMILES string of the molecule is CCCNCc1cc(CN(C)C(C)CC(C)C)c(C)s1. The van der Waals surface area contributed by atoms with Gasteiger partial charge < -0.3 is 5.32 Å². The molecule has 1 unspecified atom stereocenters. The van der Waals surface area contributed by atoms with Crippen molar-refractivity contribution in [1.82, 2.24) is 10.2 Å². The van der Waals surface area contributed by atoms with Gasteiger partial charge in [-0.1, -0.05) is 20.8 Å². The van der Waals surface area contributed by atoms with E-state index in [-0.39, 0.29) is 0 Å². The van der Waals surface area contributed by atoms with Crippen LogP contribution in [-0.4, -0.2) is 24.5 Å². The Morgan fingerprint density at radius 3 is 2.60 bits per heavy atom. The van der Waals surface area contributed by atoms with Gasteiger partial charge >= 0.3 is 0 Å². The summed E-state index contributed by atoms with van der Waals surface area (Å²) in [4.78, 5) is 5.43. The van der Waals surface area contributed by atoms with Gasteiger partial charge in [-0.3, -0.25) is 4.90 Å². The predicted molar refractivity (Wildman–Crippen MR) is 91.4 cm³/mol. The van der Waals surface area contributed by atoms with Gasteiger partial charge in [-0.05, 0) is 57.8 Å². The molecule has 1 rings (SSSR count). The van der Waals surface area contributed by atoms with Gasteiger partial charge in [0, 0.05) is 28.9 Å². The van der Waals surface area contributed by atoms with Crippen LogP contribution in [0.1, 0.15) is 55.9 Å². The zero-order valence-electron chi connectivity index (χ0n) is 14.1. The number of aryl methyl sites for hydroxylation is 1. The summed E-state index contributed by atoms with van der Waals surface area (Å²) in [5.74, 6) is 0.768. The van der Waals surface area contributed by atoms with Crippen molar-refractivity contribution in [2.45, 2.75) is 66.6 Å². The first-order valence-electron chi connectivity index (χ1n) is 7.93. The molecule has 0 spiro atoms. The minimum atomic E-state index is 0.649. The molecule has 0 bridgehead atoms. The van der Waals surface area contributed by atoms with Crippen molar-refractivity contribution in [3.8, 4) is 0 Å². The van der Waals surface area contributed by atoms with Crippen LogP contribution < -0.4 is 5.32 Å². The van der Waals surface area contributed by atoms with Gasteiger partial charge in [0.1, 0.15) is 0 Å². The highest BCUT2D eigenvalue weighted by atomic mass is 32.1. The second-order valence-corrected chi connectivity index (χ2v) is 7.71. The van der Waals surface area contributed by atoms with Crippen LogP contribution in [-0.2, 0) is 13.1 Å². The highest BCUT2D eigenvalue weighted by Crippen LogP contribution is 2.24. The van der Waals surface area contributed by atoms with Crippen LogP contribution >= 0.6 is 11.3 Å². The lowest BCUT2D eigenvalue weighted by Crippen LogP contribution is -2.29. The van der Waals surface area contributed by atoms with Gasteiger partial charge in [0.2, 0.25) is 0 Å². The topological polar surface area (TPSA) is 15.3 Å². The Balaban J connectivity index is 2.54. The quantitative estimate of drug-likeness (QED) is 0.679. The molecule has 0 aliphatic rings. The minimum Gasteiger partial charge on any atom is -0.312 e. The fourth-order valence-electron chi connectivity index (χ4n) is 2.51. The molecule has 1 atom stereocenters. The Bertz CT molecular complexity index is 384. The first-order valence-corrected chi connectivity index (χ1v) is 8.74. The van der Waals surface area contributed by atoms with E-state index in [0.717, 1.165) is 25.6 Å². The third kappa shape index (κ3) is 5.94. The van der Waals surface area contributed by atoms with Gasteiger partial charge in [-0.25, -0.2) is 0 Å². The molecular formula is C17H32N2S. The Morgan fingerprint density at radius 1 is 1.30 bits per heavy atom. The molecule has 0 saturated carbocycles. The molecule has 0 fully saturated rings. The summed E-state index contributed by atoms with van der Waals surface area (Å²) in [6.07, 6.45) is 2.47. The smallest absolute Gasteiger partial charge is 0.0299 e. The molecule has 1 aromatic rings. The maximum Gasteiger partial charge on any atom is 0.0299 e. The molecule has 1 aromatic heterocycles. The first kappa shape index (κ1) is 17.7. The zero-order valence-corrected chi connectivity index (χ0v) is 14.9. The van der Waals surface area contributed by atoms with Crippen molar-refractivity contribution in [3.05, 3.63) is 21.4 Å². The van der Waals surface area contributed by atoms with Crippen LogP contribution in [0.15, 0.2) is 6.07 Å². The van der Waals surface area contributed by atoms with Crippen LogP contribution in [0.4, 0.5) is 0 Å².